The number of sulfonamides is 1. The molecule has 0 bridgehead atoms. The SMILES string of the molecule is O=C(Nc1ccc2nccnc2c1)c1ccc2c(c1)S(=O)(=O)N(C1CCCCC1)C2=O. The Morgan fingerprint density at radius 3 is 2.48 bits per heavy atom. The summed E-state index contributed by atoms with van der Waals surface area (Å²) in [7, 11) is -3.97. The Kier molecular flexibility index (Phi) is 4.70. The Morgan fingerprint density at radius 1 is 0.968 bits per heavy atom. The summed E-state index contributed by atoms with van der Waals surface area (Å²) in [5, 5.41) is 2.75. The van der Waals surface area contributed by atoms with Crippen molar-refractivity contribution in [3.8, 4) is 0 Å². The number of amides is 2. The molecule has 158 valence electrons. The normalized spacial score (nSPS) is 18.2. The standard InChI is InChI=1S/C22H20N4O4S/c27-21(25-15-7-9-18-19(13-15)24-11-10-23-18)14-6-8-17-20(12-14)31(29,30)26(22(17)28)16-4-2-1-3-5-16/h6-13,16H,1-5H2,(H,25,27). The first-order valence-corrected chi connectivity index (χ1v) is 11.6. The monoisotopic (exact) mass is 436 g/mol. The third kappa shape index (κ3) is 3.34. The highest BCUT2D eigenvalue weighted by atomic mass is 32.2. The fourth-order valence-corrected chi connectivity index (χ4v) is 6.15. The van der Waals surface area contributed by atoms with Gasteiger partial charge < -0.3 is 5.32 Å². The van der Waals surface area contributed by atoms with Crippen molar-refractivity contribution in [3.63, 3.8) is 0 Å². The van der Waals surface area contributed by atoms with Crippen LogP contribution in [-0.2, 0) is 10.0 Å². The van der Waals surface area contributed by atoms with Gasteiger partial charge in [-0.05, 0) is 49.2 Å². The van der Waals surface area contributed by atoms with Gasteiger partial charge in [-0.1, -0.05) is 19.3 Å². The van der Waals surface area contributed by atoms with Crippen molar-refractivity contribution in [1.82, 2.24) is 14.3 Å². The molecule has 2 amide bonds. The van der Waals surface area contributed by atoms with Crippen LogP contribution in [0, 0.1) is 0 Å². The van der Waals surface area contributed by atoms with E-state index in [9.17, 15) is 18.0 Å². The highest BCUT2D eigenvalue weighted by molar-refractivity contribution is 7.90. The second kappa shape index (κ2) is 7.42. The van der Waals surface area contributed by atoms with Crippen molar-refractivity contribution in [3.05, 3.63) is 59.9 Å². The Morgan fingerprint density at radius 2 is 1.71 bits per heavy atom. The van der Waals surface area contributed by atoms with Gasteiger partial charge in [0.25, 0.3) is 21.8 Å². The van der Waals surface area contributed by atoms with E-state index in [0.717, 1.165) is 23.6 Å². The second-order valence-electron chi connectivity index (χ2n) is 7.82. The van der Waals surface area contributed by atoms with Crippen LogP contribution in [-0.4, -0.2) is 40.5 Å². The molecule has 31 heavy (non-hydrogen) atoms. The Bertz CT molecular complexity index is 1320. The van der Waals surface area contributed by atoms with Gasteiger partial charge in [0.15, 0.2) is 0 Å². The van der Waals surface area contributed by atoms with Crippen molar-refractivity contribution in [2.24, 2.45) is 0 Å². The number of benzene rings is 2. The summed E-state index contributed by atoms with van der Waals surface area (Å²) < 4.78 is 27.3. The minimum atomic E-state index is -3.97. The number of hydrogen-bond donors (Lipinski definition) is 1. The summed E-state index contributed by atoms with van der Waals surface area (Å²) in [6.45, 7) is 0. The lowest BCUT2D eigenvalue weighted by Crippen LogP contribution is -2.40. The van der Waals surface area contributed by atoms with Crippen LogP contribution in [0.25, 0.3) is 11.0 Å². The maximum absolute atomic E-state index is 13.1. The van der Waals surface area contributed by atoms with E-state index < -0.39 is 21.8 Å². The summed E-state index contributed by atoms with van der Waals surface area (Å²) in [4.78, 5) is 33.9. The second-order valence-corrected chi connectivity index (χ2v) is 9.61. The smallest absolute Gasteiger partial charge is 0.269 e. The Hall–Kier alpha value is -3.33. The van der Waals surface area contributed by atoms with Crippen molar-refractivity contribution >= 4 is 38.6 Å². The number of anilines is 1. The van der Waals surface area contributed by atoms with E-state index in [1.54, 1.807) is 30.6 Å². The van der Waals surface area contributed by atoms with Gasteiger partial charge in [0.05, 0.1) is 16.6 Å². The van der Waals surface area contributed by atoms with E-state index in [1.165, 1.54) is 18.2 Å². The summed E-state index contributed by atoms with van der Waals surface area (Å²) in [5.74, 6) is -0.966. The van der Waals surface area contributed by atoms with Gasteiger partial charge >= 0.3 is 0 Å². The first-order valence-electron chi connectivity index (χ1n) is 10.2. The molecule has 3 aromatic rings. The minimum Gasteiger partial charge on any atom is -0.322 e. The van der Waals surface area contributed by atoms with Crippen molar-refractivity contribution in [2.45, 2.75) is 43.0 Å². The largest absolute Gasteiger partial charge is 0.322 e. The van der Waals surface area contributed by atoms with E-state index >= 15 is 0 Å². The number of carbonyl (C=O) groups excluding carboxylic acids is 2. The first kappa shape index (κ1) is 19.6. The summed E-state index contributed by atoms with van der Waals surface area (Å²) in [5.41, 5.74) is 2.14. The minimum absolute atomic E-state index is 0.0971. The summed E-state index contributed by atoms with van der Waals surface area (Å²) in [6, 6.07) is 9.03. The molecule has 1 aliphatic carbocycles. The zero-order valence-corrected chi connectivity index (χ0v) is 17.4. The van der Waals surface area contributed by atoms with Gasteiger partial charge in [-0.3, -0.25) is 19.6 Å². The van der Waals surface area contributed by atoms with Crippen LogP contribution in [0.4, 0.5) is 5.69 Å². The molecule has 1 fully saturated rings. The van der Waals surface area contributed by atoms with Crippen LogP contribution in [0.2, 0.25) is 0 Å². The molecule has 2 heterocycles. The molecule has 5 rings (SSSR count). The molecule has 1 saturated carbocycles. The van der Waals surface area contributed by atoms with E-state index in [0.29, 0.717) is 29.6 Å². The van der Waals surface area contributed by atoms with Crippen LogP contribution in [0.5, 0.6) is 0 Å². The number of hydrogen-bond acceptors (Lipinski definition) is 6. The molecule has 1 aliphatic heterocycles. The van der Waals surface area contributed by atoms with Crippen LogP contribution < -0.4 is 5.32 Å². The van der Waals surface area contributed by atoms with Crippen LogP contribution in [0.15, 0.2) is 53.7 Å². The quantitative estimate of drug-likeness (QED) is 0.674. The van der Waals surface area contributed by atoms with Gasteiger partial charge in [-0.2, -0.15) is 0 Å². The molecule has 8 nitrogen and oxygen atoms in total. The zero-order chi connectivity index (χ0) is 21.6. The summed E-state index contributed by atoms with van der Waals surface area (Å²) >= 11 is 0. The highest BCUT2D eigenvalue weighted by Gasteiger charge is 2.45. The fraction of sp³-hybridized carbons (Fsp3) is 0.273. The topological polar surface area (TPSA) is 109 Å². The average molecular weight is 436 g/mol. The molecule has 0 unspecified atom stereocenters. The van der Waals surface area contributed by atoms with Gasteiger partial charge in [0.1, 0.15) is 4.90 Å². The van der Waals surface area contributed by atoms with Gasteiger partial charge in [0.2, 0.25) is 0 Å². The number of aromatic nitrogens is 2. The van der Waals surface area contributed by atoms with Gasteiger partial charge in [0, 0.05) is 29.7 Å². The van der Waals surface area contributed by atoms with Crippen molar-refractivity contribution < 1.29 is 18.0 Å². The molecule has 0 atom stereocenters. The van der Waals surface area contributed by atoms with E-state index in [2.05, 4.69) is 15.3 Å². The molecule has 9 heteroatoms. The van der Waals surface area contributed by atoms with Crippen LogP contribution >= 0.6 is 0 Å². The molecule has 1 aromatic heterocycles. The van der Waals surface area contributed by atoms with Crippen LogP contribution in [0.1, 0.15) is 52.8 Å². The number of fused-ring (bicyclic) bond motifs is 2. The fourth-order valence-electron chi connectivity index (χ4n) is 4.31. The number of nitrogens with one attached hydrogen (secondary N) is 1. The Balaban J connectivity index is 1.44. The number of nitrogens with zero attached hydrogens (tertiary/aromatic N) is 3. The van der Waals surface area contributed by atoms with Crippen LogP contribution in [0.3, 0.4) is 0 Å². The molecule has 0 radical (unpaired) electrons. The van der Waals surface area contributed by atoms with Gasteiger partial charge in [-0.25, -0.2) is 12.7 Å². The molecule has 2 aromatic carbocycles. The number of rotatable bonds is 3. The molecule has 0 saturated heterocycles. The molecule has 0 spiro atoms. The molecular weight excluding hydrogens is 416 g/mol. The van der Waals surface area contributed by atoms with Crippen molar-refractivity contribution in [2.75, 3.05) is 5.32 Å². The lowest BCUT2D eigenvalue weighted by Gasteiger charge is -2.29. The third-order valence-corrected chi connectivity index (χ3v) is 7.72. The average Bonchev–Trinajstić information content (AvgIpc) is 2.99. The predicted molar refractivity (Wildman–Crippen MR) is 114 cm³/mol. The predicted octanol–water partition coefficient (Wildman–Crippen LogP) is 3.36. The van der Waals surface area contributed by atoms with E-state index in [4.69, 9.17) is 0 Å². The maximum atomic E-state index is 13.1. The molecular formula is C22H20N4O4S. The summed E-state index contributed by atoms with van der Waals surface area (Å²) in [6.07, 6.45) is 7.37. The van der Waals surface area contributed by atoms with E-state index in [-0.39, 0.29) is 22.1 Å². The lowest BCUT2D eigenvalue weighted by molar-refractivity contribution is 0.0809. The lowest BCUT2D eigenvalue weighted by atomic mass is 9.95. The zero-order valence-electron chi connectivity index (χ0n) is 16.6. The first-order chi connectivity index (χ1) is 14.9. The van der Waals surface area contributed by atoms with Gasteiger partial charge in [-0.15, -0.1) is 0 Å². The third-order valence-electron chi connectivity index (χ3n) is 5.84. The van der Waals surface area contributed by atoms with E-state index in [1.807, 2.05) is 0 Å². The molecule has 1 N–H and O–H groups in total. The molecule has 2 aliphatic rings. The Labute approximate surface area is 179 Å². The number of carbonyl (C=O) groups is 2. The maximum Gasteiger partial charge on any atom is 0.269 e. The highest BCUT2D eigenvalue weighted by Crippen LogP contribution is 2.36. The van der Waals surface area contributed by atoms with Crippen molar-refractivity contribution in [1.29, 1.82) is 0 Å².